The minimum atomic E-state index is -5.08. The van der Waals surface area contributed by atoms with Gasteiger partial charge in [0.25, 0.3) is 5.91 Å². The molecule has 0 saturated heterocycles. The number of primary amides is 1. The second-order valence-electron chi connectivity index (χ2n) is 8.78. The van der Waals surface area contributed by atoms with Crippen molar-refractivity contribution in [1.82, 2.24) is 5.32 Å². The number of carboxylic acid groups (broad SMARTS) is 2. The predicted octanol–water partition coefficient (Wildman–Crippen LogP) is 3.65. The zero-order chi connectivity index (χ0) is 31.8. The molecule has 0 bridgehead atoms. The lowest BCUT2D eigenvalue weighted by Crippen LogP contribution is -2.53. The summed E-state index contributed by atoms with van der Waals surface area (Å²) in [5.74, 6) is -6.65. The lowest BCUT2D eigenvalue weighted by Gasteiger charge is -2.28. The van der Waals surface area contributed by atoms with E-state index in [2.05, 4.69) is 11.1 Å². The largest absolute Gasteiger partial charge is 0.490 e. The molecule has 0 aromatic heterocycles. The van der Waals surface area contributed by atoms with Crippen molar-refractivity contribution in [1.29, 1.82) is 0 Å². The number of nitrogens with one attached hydrogen (secondary N) is 1. The van der Waals surface area contributed by atoms with Gasteiger partial charge in [0.15, 0.2) is 0 Å². The molecule has 0 radical (unpaired) electrons. The smallest absolute Gasteiger partial charge is 0.480 e. The van der Waals surface area contributed by atoms with Crippen LogP contribution in [0.2, 0.25) is 5.02 Å². The van der Waals surface area contributed by atoms with Crippen LogP contribution in [0.3, 0.4) is 0 Å². The van der Waals surface area contributed by atoms with Crippen molar-refractivity contribution < 1.29 is 65.3 Å². The molecule has 1 aliphatic heterocycles. The van der Waals surface area contributed by atoms with Crippen molar-refractivity contribution in [3.8, 4) is 0 Å². The molecule has 0 aliphatic carbocycles. The number of carbonyl (C=O) groups is 5. The van der Waals surface area contributed by atoms with E-state index in [1.807, 2.05) is 0 Å². The van der Waals surface area contributed by atoms with Gasteiger partial charge in [-0.25, -0.2) is 14.4 Å². The molecule has 2 atom stereocenters. The summed E-state index contributed by atoms with van der Waals surface area (Å²) in [4.78, 5) is 55.9. The fourth-order valence-corrected chi connectivity index (χ4v) is 3.10. The summed E-state index contributed by atoms with van der Waals surface area (Å²) in [6.07, 6.45) is -10.3. The molecule has 0 saturated carbocycles. The second-order valence-corrected chi connectivity index (χ2v) is 9.18. The number of nitrogens with zero attached hydrogens (tertiary/aromatic N) is 1. The third kappa shape index (κ3) is 11.5. The SMILES string of the molecule is CC[C@H](NC(=O)OC(C)(C)C)C(=O)N1c2cccc(Cl)c2C[C@@H]1C(=O)O.NC(=O)C(F)(F)F.O=C(O)C(F)(F)F. The number of alkyl halides is 6. The maximum Gasteiger partial charge on any atom is 0.490 e. The van der Waals surface area contributed by atoms with Gasteiger partial charge in [-0.1, -0.05) is 24.6 Å². The van der Waals surface area contributed by atoms with Gasteiger partial charge < -0.3 is 26.0 Å². The summed E-state index contributed by atoms with van der Waals surface area (Å²) >= 11 is 6.16. The van der Waals surface area contributed by atoms with E-state index >= 15 is 0 Å². The van der Waals surface area contributed by atoms with Gasteiger partial charge in [-0.3, -0.25) is 14.5 Å². The average molecular weight is 610 g/mol. The molecule has 226 valence electrons. The number of anilines is 1. The lowest BCUT2D eigenvalue weighted by atomic mass is 10.1. The maximum absolute atomic E-state index is 13.0. The van der Waals surface area contributed by atoms with Crippen molar-refractivity contribution in [2.24, 2.45) is 5.73 Å². The van der Waals surface area contributed by atoms with Crippen LogP contribution >= 0.6 is 11.6 Å². The third-order valence-corrected chi connectivity index (χ3v) is 4.86. The molecule has 1 heterocycles. The van der Waals surface area contributed by atoms with Crippen LogP contribution in [0.15, 0.2) is 18.2 Å². The van der Waals surface area contributed by atoms with Crippen LogP contribution in [0.25, 0.3) is 0 Å². The highest BCUT2D eigenvalue weighted by molar-refractivity contribution is 6.32. The summed E-state index contributed by atoms with van der Waals surface area (Å²) in [6.45, 7) is 6.88. The normalized spacial score (nSPS) is 15.3. The molecule has 18 heteroatoms. The van der Waals surface area contributed by atoms with E-state index in [0.717, 1.165) is 0 Å². The fourth-order valence-electron chi connectivity index (χ4n) is 2.85. The summed E-state index contributed by atoms with van der Waals surface area (Å²) < 4.78 is 69.0. The average Bonchev–Trinajstić information content (AvgIpc) is 3.16. The van der Waals surface area contributed by atoms with E-state index in [1.165, 1.54) is 4.90 Å². The number of aliphatic carboxylic acids is 2. The Morgan fingerprint density at radius 3 is 1.90 bits per heavy atom. The van der Waals surface area contributed by atoms with Gasteiger partial charge in [-0.2, -0.15) is 26.3 Å². The first kappa shape index (κ1) is 36.2. The van der Waals surface area contributed by atoms with Crippen LogP contribution in [-0.2, 0) is 30.3 Å². The van der Waals surface area contributed by atoms with Gasteiger partial charge in [-0.15, -0.1) is 0 Å². The van der Waals surface area contributed by atoms with Gasteiger partial charge >= 0.3 is 36.3 Å². The molecule has 0 fully saturated rings. The molecule has 0 unspecified atom stereocenters. The maximum atomic E-state index is 13.0. The number of carboxylic acids is 2. The number of nitrogens with two attached hydrogens (primary N) is 1. The van der Waals surface area contributed by atoms with Crippen LogP contribution in [0, 0.1) is 0 Å². The van der Waals surface area contributed by atoms with E-state index in [4.69, 9.17) is 31.0 Å². The van der Waals surface area contributed by atoms with Crippen LogP contribution in [-0.4, -0.2) is 70.1 Å². The Labute approximate surface area is 228 Å². The Balaban J connectivity index is 0.000000894. The van der Waals surface area contributed by atoms with E-state index in [9.17, 15) is 45.8 Å². The van der Waals surface area contributed by atoms with Crippen LogP contribution in [0.4, 0.5) is 36.8 Å². The van der Waals surface area contributed by atoms with Crippen molar-refractivity contribution >= 4 is 47.1 Å². The van der Waals surface area contributed by atoms with Crippen molar-refractivity contribution in [2.75, 3.05) is 4.90 Å². The first-order valence-corrected chi connectivity index (χ1v) is 11.3. The summed E-state index contributed by atoms with van der Waals surface area (Å²) in [7, 11) is 0. The number of fused-ring (bicyclic) bond motifs is 1. The number of hydrogen-bond acceptors (Lipinski definition) is 6. The van der Waals surface area contributed by atoms with Crippen LogP contribution < -0.4 is 16.0 Å². The molecule has 40 heavy (non-hydrogen) atoms. The van der Waals surface area contributed by atoms with E-state index in [0.29, 0.717) is 16.3 Å². The third-order valence-electron chi connectivity index (χ3n) is 4.50. The number of halogens is 7. The summed E-state index contributed by atoms with van der Waals surface area (Å²) in [6, 6.07) is 3.00. The Morgan fingerprint density at radius 2 is 1.55 bits per heavy atom. The molecule has 11 nitrogen and oxygen atoms in total. The minimum Gasteiger partial charge on any atom is -0.480 e. The second kappa shape index (κ2) is 14.0. The Morgan fingerprint density at radius 1 is 1.07 bits per heavy atom. The van der Waals surface area contributed by atoms with Crippen LogP contribution in [0.1, 0.15) is 39.7 Å². The predicted molar refractivity (Wildman–Crippen MR) is 126 cm³/mol. The molecule has 2 rings (SSSR count). The number of benzene rings is 1. The number of hydrogen-bond donors (Lipinski definition) is 4. The Bertz CT molecular complexity index is 1080. The van der Waals surface area contributed by atoms with Crippen molar-refractivity contribution in [2.45, 2.75) is 70.6 Å². The highest BCUT2D eigenvalue weighted by atomic mass is 35.5. The van der Waals surface area contributed by atoms with E-state index < -0.39 is 59.9 Å². The van der Waals surface area contributed by atoms with E-state index in [1.54, 1.807) is 45.9 Å². The zero-order valence-electron chi connectivity index (χ0n) is 21.3. The van der Waals surface area contributed by atoms with Gasteiger partial charge in [0, 0.05) is 17.1 Å². The van der Waals surface area contributed by atoms with Crippen molar-refractivity contribution in [3.05, 3.63) is 28.8 Å². The molecular weight excluding hydrogens is 584 g/mol. The summed E-state index contributed by atoms with van der Waals surface area (Å²) in [5.41, 5.74) is 4.17. The first-order valence-electron chi connectivity index (χ1n) is 10.9. The molecule has 0 spiro atoms. The number of amides is 3. The quantitative estimate of drug-likeness (QED) is 0.374. The van der Waals surface area contributed by atoms with Gasteiger partial charge in [0.05, 0.1) is 0 Å². The number of carbonyl (C=O) groups excluding carboxylic acids is 3. The number of alkyl carbamates (subject to hydrolysis) is 1. The molecular formula is C22H26ClF6N3O8. The monoisotopic (exact) mass is 609 g/mol. The number of ether oxygens (including phenoxy) is 1. The van der Waals surface area contributed by atoms with Gasteiger partial charge in [0.2, 0.25) is 0 Å². The fraction of sp³-hybridized carbons (Fsp3) is 0.500. The minimum absolute atomic E-state index is 0.124. The topological polar surface area (TPSA) is 176 Å². The Hall–Kier alpha value is -3.76. The Kier molecular flexibility index (Phi) is 12.7. The first-order chi connectivity index (χ1) is 17.9. The molecule has 1 aromatic carbocycles. The van der Waals surface area contributed by atoms with Crippen LogP contribution in [0.5, 0.6) is 0 Å². The molecule has 3 amide bonds. The number of rotatable bonds is 4. The van der Waals surface area contributed by atoms with E-state index in [-0.39, 0.29) is 12.8 Å². The highest BCUT2D eigenvalue weighted by Gasteiger charge is 2.42. The van der Waals surface area contributed by atoms with Gasteiger partial charge in [-0.05, 0) is 44.9 Å². The lowest BCUT2D eigenvalue weighted by molar-refractivity contribution is -0.192. The van der Waals surface area contributed by atoms with Crippen molar-refractivity contribution in [3.63, 3.8) is 0 Å². The molecule has 5 N–H and O–H groups in total. The molecule has 1 aliphatic rings. The zero-order valence-corrected chi connectivity index (χ0v) is 22.1. The van der Waals surface area contributed by atoms with Gasteiger partial charge in [0.1, 0.15) is 17.7 Å². The highest BCUT2D eigenvalue weighted by Crippen LogP contribution is 2.37. The summed E-state index contributed by atoms with van der Waals surface area (Å²) in [5, 5.41) is 19.6. The standard InChI is InChI=1S/C18H23ClN2O5.C2H2F3NO.C2HF3O2/c1-5-12(20-17(25)26-18(2,3)4)15(22)21-13-8-6-7-11(19)10(13)9-14(21)16(23)24;2*3-2(4,5)1(6)7/h6-8,12,14H,5,9H2,1-4H3,(H,20,25)(H,23,24);(H2,6,7);(H,6,7)/t12-,14+;;/m0../s1. The molecule has 1 aromatic rings.